The Morgan fingerprint density at radius 3 is 2.64 bits per heavy atom. The summed E-state index contributed by atoms with van der Waals surface area (Å²) in [4.78, 5) is 0. The first-order chi connectivity index (χ1) is 6.48. The summed E-state index contributed by atoms with van der Waals surface area (Å²) in [6.45, 7) is -0.163. The van der Waals surface area contributed by atoms with Crippen LogP contribution in [0.4, 0.5) is 13.2 Å². The van der Waals surface area contributed by atoms with Gasteiger partial charge in [-0.05, 0) is 25.2 Å². The van der Waals surface area contributed by atoms with E-state index in [1.807, 2.05) is 6.08 Å². The van der Waals surface area contributed by atoms with Gasteiger partial charge >= 0.3 is 6.18 Å². The lowest BCUT2D eigenvalue weighted by molar-refractivity contribution is -0.195. The van der Waals surface area contributed by atoms with Gasteiger partial charge < -0.3 is 5.11 Å². The molecule has 0 aliphatic heterocycles. The lowest BCUT2D eigenvalue weighted by atomic mass is 9.75. The van der Waals surface area contributed by atoms with Crippen molar-refractivity contribution < 1.29 is 18.3 Å². The van der Waals surface area contributed by atoms with Gasteiger partial charge in [-0.25, -0.2) is 0 Å². The Kier molecular flexibility index (Phi) is 2.14. The molecular formula is C10H13F3O. The van der Waals surface area contributed by atoms with Gasteiger partial charge in [0.05, 0.1) is 5.92 Å². The van der Waals surface area contributed by atoms with Crippen LogP contribution < -0.4 is 0 Å². The minimum atomic E-state index is -4.12. The van der Waals surface area contributed by atoms with E-state index < -0.39 is 17.5 Å². The molecule has 14 heavy (non-hydrogen) atoms. The summed E-state index contributed by atoms with van der Waals surface area (Å²) in [5, 5.41) is 8.82. The van der Waals surface area contributed by atoms with Crippen LogP contribution in [0.3, 0.4) is 0 Å². The van der Waals surface area contributed by atoms with Crippen LogP contribution in [-0.4, -0.2) is 17.9 Å². The Balaban J connectivity index is 2.24. The van der Waals surface area contributed by atoms with Gasteiger partial charge in [0, 0.05) is 12.0 Å². The lowest BCUT2D eigenvalue weighted by Crippen LogP contribution is -2.35. The first kappa shape index (κ1) is 10.0. The molecule has 2 aliphatic rings. The molecule has 0 spiro atoms. The van der Waals surface area contributed by atoms with Gasteiger partial charge in [-0.1, -0.05) is 12.2 Å². The van der Waals surface area contributed by atoms with Gasteiger partial charge in [-0.2, -0.15) is 13.2 Å². The van der Waals surface area contributed by atoms with Crippen LogP contribution in [0.2, 0.25) is 0 Å². The molecule has 0 aromatic carbocycles. The quantitative estimate of drug-likeness (QED) is 0.688. The summed E-state index contributed by atoms with van der Waals surface area (Å²) in [5.74, 6) is -1.16. The molecule has 1 fully saturated rings. The summed E-state index contributed by atoms with van der Waals surface area (Å²) in [5.41, 5.74) is -0.794. The van der Waals surface area contributed by atoms with Crippen LogP contribution in [0.5, 0.6) is 0 Å². The van der Waals surface area contributed by atoms with Crippen LogP contribution in [0, 0.1) is 17.3 Å². The Bertz CT molecular complexity index is 259. The molecule has 0 heterocycles. The van der Waals surface area contributed by atoms with Crippen LogP contribution in [0.1, 0.15) is 19.3 Å². The zero-order valence-corrected chi connectivity index (χ0v) is 7.72. The van der Waals surface area contributed by atoms with Gasteiger partial charge in [-0.3, -0.25) is 0 Å². The summed E-state index contributed by atoms with van der Waals surface area (Å²) in [7, 11) is 0. The van der Waals surface area contributed by atoms with E-state index in [0.29, 0.717) is 6.42 Å². The highest BCUT2D eigenvalue weighted by Gasteiger charge is 2.58. The summed E-state index contributed by atoms with van der Waals surface area (Å²) in [6, 6.07) is 0. The largest absolute Gasteiger partial charge is 0.396 e. The average molecular weight is 206 g/mol. The Morgan fingerprint density at radius 2 is 2.14 bits per heavy atom. The van der Waals surface area contributed by atoms with Crippen LogP contribution in [0.15, 0.2) is 12.2 Å². The number of aliphatic hydroxyl groups is 1. The number of alkyl halides is 3. The minimum Gasteiger partial charge on any atom is -0.396 e. The molecule has 80 valence electrons. The molecule has 3 unspecified atom stereocenters. The van der Waals surface area contributed by atoms with Crippen molar-refractivity contribution in [3.05, 3.63) is 12.2 Å². The van der Waals surface area contributed by atoms with Crippen molar-refractivity contribution >= 4 is 0 Å². The monoisotopic (exact) mass is 206 g/mol. The van der Waals surface area contributed by atoms with Gasteiger partial charge in [0.1, 0.15) is 0 Å². The molecule has 0 radical (unpaired) electrons. The summed E-state index contributed by atoms with van der Waals surface area (Å²) >= 11 is 0. The normalized spacial score (nSPS) is 40.9. The third kappa shape index (κ3) is 1.36. The number of allylic oxidation sites excluding steroid dienone is 2. The SMILES string of the molecule is OCCC12C=CC(CC1C(F)(F)F)C2. The Morgan fingerprint density at radius 1 is 1.43 bits per heavy atom. The lowest BCUT2D eigenvalue weighted by Gasteiger charge is -2.33. The molecule has 0 aromatic rings. The first-order valence-electron chi connectivity index (χ1n) is 4.85. The number of fused-ring (bicyclic) bond motifs is 2. The standard InChI is InChI=1S/C10H13F3O/c11-10(12,13)8-5-7-1-2-9(8,6-7)3-4-14/h1-2,7-8,14H,3-6H2. The molecule has 2 rings (SSSR count). The predicted octanol–water partition coefficient (Wildman–Crippen LogP) is 2.51. The average Bonchev–Trinajstić information content (AvgIpc) is 2.59. The second-order valence-corrected chi connectivity index (χ2v) is 4.36. The van der Waals surface area contributed by atoms with Crippen molar-refractivity contribution in [2.75, 3.05) is 6.61 Å². The molecule has 1 saturated carbocycles. The van der Waals surface area contributed by atoms with E-state index >= 15 is 0 Å². The fraction of sp³-hybridized carbons (Fsp3) is 0.800. The number of rotatable bonds is 2. The number of halogens is 3. The Labute approximate surface area is 80.6 Å². The topological polar surface area (TPSA) is 20.2 Å². The first-order valence-corrected chi connectivity index (χ1v) is 4.85. The maximum Gasteiger partial charge on any atom is 0.392 e. The Hall–Kier alpha value is -0.510. The van der Waals surface area contributed by atoms with E-state index in [-0.39, 0.29) is 25.4 Å². The highest BCUT2D eigenvalue weighted by atomic mass is 19.4. The van der Waals surface area contributed by atoms with Crippen molar-refractivity contribution in [2.45, 2.75) is 25.4 Å². The number of hydrogen-bond acceptors (Lipinski definition) is 1. The zero-order chi connectivity index (χ0) is 10.4. The fourth-order valence-corrected chi connectivity index (χ4v) is 2.94. The molecule has 0 saturated heterocycles. The van der Waals surface area contributed by atoms with E-state index in [9.17, 15) is 13.2 Å². The smallest absolute Gasteiger partial charge is 0.392 e. The van der Waals surface area contributed by atoms with E-state index in [4.69, 9.17) is 5.11 Å². The van der Waals surface area contributed by atoms with Gasteiger partial charge in [0.15, 0.2) is 0 Å². The van der Waals surface area contributed by atoms with E-state index in [2.05, 4.69) is 0 Å². The second-order valence-electron chi connectivity index (χ2n) is 4.36. The second kappa shape index (κ2) is 2.99. The maximum atomic E-state index is 12.7. The zero-order valence-electron chi connectivity index (χ0n) is 7.72. The minimum absolute atomic E-state index is 0.0770. The van der Waals surface area contributed by atoms with Gasteiger partial charge in [0.2, 0.25) is 0 Å². The van der Waals surface area contributed by atoms with E-state index in [1.54, 1.807) is 6.08 Å². The van der Waals surface area contributed by atoms with Gasteiger partial charge in [-0.15, -0.1) is 0 Å². The molecule has 1 N–H and O–H groups in total. The molecule has 1 nitrogen and oxygen atoms in total. The maximum absolute atomic E-state index is 12.7. The van der Waals surface area contributed by atoms with Crippen molar-refractivity contribution in [1.29, 1.82) is 0 Å². The molecule has 2 aliphatic carbocycles. The predicted molar refractivity (Wildman–Crippen MR) is 45.5 cm³/mol. The van der Waals surface area contributed by atoms with E-state index in [0.717, 1.165) is 0 Å². The highest BCUT2D eigenvalue weighted by Crippen LogP contribution is 2.59. The molecule has 2 bridgehead atoms. The summed E-state index contributed by atoms with van der Waals surface area (Å²) in [6.07, 6.45) is 0.448. The number of hydrogen-bond donors (Lipinski definition) is 1. The van der Waals surface area contributed by atoms with Crippen LogP contribution in [0.25, 0.3) is 0 Å². The van der Waals surface area contributed by atoms with Crippen molar-refractivity contribution in [2.24, 2.45) is 17.3 Å². The third-order valence-corrected chi connectivity index (χ3v) is 3.55. The third-order valence-electron chi connectivity index (χ3n) is 3.55. The van der Waals surface area contributed by atoms with Crippen LogP contribution in [-0.2, 0) is 0 Å². The fourth-order valence-electron chi connectivity index (χ4n) is 2.94. The summed E-state index contributed by atoms with van der Waals surface area (Å²) < 4.78 is 38.0. The molecule has 0 amide bonds. The van der Waals surface area contributed by atoms with E-state index in [1.165, 1.54) is 0 Å². The molecule has 3 atom stereocenters. The molecular weight excluding hydrogens is 193 g/mol. The number of aliphatic hydroxyl groups excluding tert-OH is 1. The van der Waals surface area contributed by atoms with Gasteiger partial charge in [0.25, 0.3) is 0 Å². The van der Waals surface area contributed by atoms with Crippen molar-refractivity contribution in [3.63, 3.8) is 0 Å². The molecule has 0 aromatic heterocycles. The van der Waals surface area contributed by atoms with Crippen LogP contribution >= 0.6 is 0 Å². The molecule has 4 heteroatoms. The van der Waals surface area contributed by atoms with Crippen molar-refractivity contribution in [3.8, 4) is 0 Å². The highest BCUT2D eigenvalue weighted by molar-refractivity contribution is 5.19. The van der Waals surface area contributed by atoms with Crippen molar-refractivity contribution in [1.82, 2.24) is 0 Å².